The van der Waals surface area contributed by atoms with Gasteiger partial charge in [0.25, 0.3) is 0 Å². The Morgan fingerprint density at radius 1 is 0.700 bits per heavy atom. The summed E-state index contributed by atoms with van der Waals surface area (Å²) in [5, 5.41) is 9.96. The van der Waals surface area contributed by atoms with E-state index in [9.17, 15) is 5.11 Å². The van der Waals surface area contributed by atoms with Gasteiger partial charge in [0.1, 0.15) is 0 Å². The van der Waals surface area contributed by atoms with E-state index in [0.29, 0.717) is 0 Å². The molecule has 1 N–H and O–H groups in total. The van der Waals surface area contributed by atoms with Crippen molar-refractivity contribution >= 4 is 23.5 Å². The van der Waals surface area contributed by atoms with E-state index < -0.39 is 0 Å². The number of hydrogen-bond donors (Lipinski definition) is 1. The third kappa shape index (κ3) is 6.04. The van der Waals surface area contributed by atoms with Gasteiger partial charge in [0.05, 0.1) is 6.10 Å². The minimum atomic E-state index is -0.225. The van der Waals surface area contributed by atoms with Gasteiger partial charge in [-0.25, -0.2) is 0 Å². The summed E-state index contributed by atoms with van der Waals surface area (Å²) in [4.78, 5) is 0. The number of benzene rings is 2. The van der Waals surface area contributed by atoms with Crippen LogP contribution in [-0.4, -0.2) is 22.7 Å². The molecule has 106 valence electrons. The van der Waals surface area contributed by atoms with Crippen molar-refractivity contribution in [2.75, 3.05) is 11.5 Å². The number of hydrogen-bond acceptors (Lipinski definition) is 3. The fourth-order valence-corrected chi connectivity index (χ4v) is 3.84. The number of aliphatic hydroxyl groups is 1. The molecule has 0 atom stereocenters. The first-order valence-corrected chi connectivity index (χ1v) is 9.07. The van der Waals surface area contributed by atoms with Crippen LogP contribution < -0.4 is 0 Å². The second-order valence-electron chi connectivity index (χ2n) is 4.66. The third-order valence-electron chi connectivity index (χ3n) is 2.84. The van der Waals surface area contributed by atoms with E-state index in [4.69, 9.17) is 0 Å². The van der Waals surface area contributed by atoms with Crippen LogP contribution in [0.25, 0.3) is 0 Å². The molecule has 20 heavy (non-hydrogen) atoms. The normalized spacial score (nSPS) is 10.9. The van der Waals surface area contributed by atoms with Crippen molar-refractivity contribution in [3.63, 3.8) is 0 Å². The fourth-order valence-electron chi connectivity index (χ4n) is 1.82. The Kier molecular flexibility index (Phi) is 7.06. The average Bonchev–Trinajstić information content (AvgIpc) is 2.49. The van der Waals surface area contributed by atoms with Gasteiger partial charge in [-0.05, 0) is 11.1 Å². The van der Waals surface area contributed by atoms with Crippen LogP contribution in [-0.2, 0) is 11.5 Å². The van der Waals surface area contributed by atoms with Gasteiger partial charge in [-0.3, -0.25) is 0 Å². The zero-order chi connectivity index (χ0) is 14.0. The molecule has 0 heterocycles. The summed E-state index contributed by atoms with van der Waals surface area (Å²) < 4.78 is 0. The van der Waals surface area contributed by atoms with Crippen LogP contribution in [0.15, 0.2) is 60.7 Å². The van der Waals surface area contributed by atoms with Crippen molar-refractivity contribution in [2.45, 2.75) is 17.6 Å². The molecule has 0 saturated carbocycles. The maximum Gasteiger partial charge on any atom is 0.0721 e. The highest BCUT2D eigenvalue weighted by Crippen LogP contribution is 2.17. The molecule has 0 fully saturated rings. The van der Waals surface area contributed by atoms with E-state index in [1.54, 1.807) is 23.5 Å². The lowest BCUT2D eigenvalue weighted by atomic mass is 10.2. The van der Waals surface area contributed by atoms with Gasteiger partial charge in [0, 0.05) is 23.0 Å². The molecule has 0 amide bonds. The van der Waals surface area contributed by atoms with Crippen molar-refractivity contribution in [2.24, 2.45) is 0 Å². The predicted octanol–water partition coefficient (Wildman–Crippen LogP) is 4.21. The first kappa shape index (κ1) is 15.5. The lowest BCUT2D eigenvalue weighted by Gasteiger charge is -2.10. The zero-order valence-electron chi connectivity index (χ0n) is 11.4. The Bertz CT molecular complexity index is 427. The Labute approximate surface area is 129 Å². The molecular formula is C17H20OS2. The highest BCUT2D eigenvalue weighted by atomic mass is 32.2. The molecule has 2 aromatic rings. The molecule has 0 saturated heterocycles. The fraction of sp³-hybridized carbons (Fsp3) is 0.294. The molecular weight excluding hydrogens is 284 g/mol. The Morgan fingerprint density at radius 3 is 1.50 bits per heavy atom. The van der Waals surface area contributed by atoms with Crippen molar-refractivity contribution in [3.05, 3.63) is 71.8 Å². The predicted molar refractivity (Wildman–Crippen MR) is 91.2 cm³/mol. The quantitative estimate of drug-likeness (QED) is 0.789. The van der Waals surface area contributed by atoms with Crippen LogP contribution in [0.3, 0.4) is 0 Å². The lowest BCUT2D eigenvalue weighted by molar-refractivity contribution is 0.225. The van der Waals surface area contributed by atoms with Gasteiger partial charge >= 0.3 is 0 Å². The third-order valence-corrected chi connectivity index (χ3v) is 5.16. The van der Waals surface area contributed by atoms with Crippen LogP contribution in [0.1, 0.15) is 11.1 Å². The summed E-state index contributed by atoms with van der Waals surface area (Å²) in [5.74, 6) is 3.55. The smallest absolute Gasteiger partial charge is 0.0721 e. The Balaban J connectivity index is 1.58. The summed E-state index contributed by atoms with van der Waals surface area (Å²) in [7, 11) is 0. The summed E-state index contributed by atoms with van der Waals surface area (Å²) in [6.07, 6.45) is -0.225. The van der Waals surface area contributed by atoms with Gasteiger partial charge in [0.15, 0.2) is 0 Å². The van der Waals surface area contributed by atoms with Gasteiger partial charge in [-0.2, -0.15) is 23.5 Å². The maximum atomic E-state index is 9.96. The first-order chi connectivity index (χ1) is 9.84. The monoisotopic (exact) mass is 304 g/mol. The van der Waals surface area contributed by atoms with E-state index in [1.165, 1.54) is 11.1 Å². The highest BCUT2D eigenvalue weighted by molar-refractivity contribution is 7.99. The van der Waals surface area contributed by atoms with Crippen LogP contribution in [0.4, 0.5) is 0 Å². The van der Waals surface area contributed by atoms with Crippen molar-refractivity contribution in [1.29, 1.82) is 0 Å². The van der Waals surface area contributed by atoms with E-state index in [0.717, 1.165) is 23.0 Å². The highest BCUT2D eigenvalue weighted by Gasteiger charge is 2.05. The molecule has 0 aliphatic rings. The molecule has 1 nitrogen and oxygen atoms in total. The van der Waals surface area contributed by atoms with Crippen LogP contribution in [0.5, 0.6) is 0 Å². The summed E-state index contributed by atoms with van der Waals surface area (Å²) >= 11 is 3.59. The summed E-state index contributed by atoms with van der Waals surface area (Å²) in [6, 6.07) is 20.8. The first-order valence-electron chi connectivity index (χ1n) is 6.76. The maximum absolute atomic E-state index is 9.96. The largest absolute Gasteiger partial charge is 0.391 e. The summed E-state index contributed by atoms with van der Waals surface area (Å²) in [6.45, 7) is 0. The second-order valence-corrected chi connectivity index (χ2v) is 6.72. The van der Waals surface area contributed by atoms with E-state index in [2.05, 4.69) is 48.5 Å². The molecule has 0 radical (unpaired) electrons. The SMILES string of the molecule is OC(CSCc1ccccc1)CSCc1ccccc1. The summed E-state index contributed by atoms with van der Waals surface area (Å²) in [5.41, 5.74) is 2.64. The van der Waals surface area contributed by atoms with E-state index in [-0.39, 0.29) is 6.10 Å². The topological polar surface area (TPSA) is 20.2 Å². The number of thioether (sulfide) groups is 2. The molecule has 0 spiro atoms. The van der Waals surface area contributed by atoms with Gasteiger partial charge < -0.3 is 5.11 Å². The molecule has 0 aromatic heterocycles. The molecule has 2 aromatic carbocycles. The van der Waals surface area contributed by atoms with Gasteiger partial charge in [-0.15, -0.1) is 0 Å². The van der Waals surface area contributed by atoms with E-state index >= 15 is 0 Å². The van der Waals surface area contributed by atoms with Crippen LogP contribution >= 0.6 is 23.5 Å². The molecule has 0 unspecified atom stereocenters. The Morgan fingerprint density at radius 2 is 1.10 bits per heavy atom. The molecule has 3 heteroatoms. The second kappa shape index (κ2) is 9.11. The standard InChI is InChI=1S/C17H20OS2/c18-17(13-19-11-15-7-3-1-4-8-15)14-20-12-16-9-5-2-6-10-16/h1-10,17-18H,11-14H2. The minimum absolute atomic E-state index is 0.225. The van der Waals surface area contributed by atoms with Crippen molar-refractivity contribution < 1.29 is 5.11 Å². The Hall–Kier alpha value is -0.900. The number of rotatable bonds is 8. The van der Waals surface area contributed by atoms with Crippen molar-refractivity contribution in [1.82, 2.24) is 0 Å². The van der Waals surface area contributed by atoms with Gasteiger partial charge in [0.2, 0.25) is 0 Å². The van der Waals surface area contributed by atoms with E-state index in [1.807, 2.05) is 12.1 Å². The zero-order valence-corrected chi connectivity index (χ0v) is 13.1. The molecule has 0 aliphatic heterocycles. The minimum Gasteiger partial charge on any atom is -0.391 e. The number of aliphatic hydroxyl groups excluding tert-OH is 1. The van der Waals surface area contributed by atoms with Crippen LogP contribution in [0.2, 0.25) is 0 Å². The molecule has 0 bridgehead atoms. The molecule has 2 rings (SSSR count). The van der Waals surface area contributed by atoms with Crippen molar-refractivity contribution in [3.8, 4) is 0 Å². The average molecular weight is 304 g/mol. The lowest BCUT2D eigenvalue weighted by Crippen LogP contribution is -2.13. The van der Waals surface area contributed by atoms with Gasteiger partial charge in [-0.1, -0.05) is 60.7 Å². The molecule has 0 aliphatic carbocycles. The van der Waals surface area contributed by atoms with Crippen LogP contribution in [0, 0.1) is 0 Å².